The van der Waals surface area contributed by atoms with Gasteiger partial charge in [-0.05, 0) is 56.5 Å². The van der Waals surface area contributed by atoms with Crippen molar-refractivity contribution in [2.24, 2.45) is 0 Å². The standard InChI is InChI=1S/C40H48N10O12/c1-19(2)29(46-26(52)13-16-49-27(53)9-10-28(49)54)37(58)44-20(3)36(57)45-23-7-5-22(6-8-23)17-61-40(60)50-15-12-25(51)32(50)38(59)47-30-21(4)62-39(34(56)33(30)55)48-35-31-24(11-14-41-31)42-18-43-35/h5-11,14,18,20-21,25,29-30,32-34,39,41,51,55-56H,1,12-13,15-17H2,2-4H3,(H,44,58)(H,45,57)(H,46,52)(H,47,59)(H,42,43,48)/t20-,21-,25-,29-,30-,32+,33+,34-,39-/m0/s1. The Labute approximate surface area is 354 Å². The van der Waals surface area contributed by atoms with Crippen LogP contribution in [0.15, 0.2) is 67.2 Å². The van der Waals surface area contributed by atoms with Gasteiger partial charge in [-0.1, -0.05) is 18.7 Å². The van der Waals surface area contributed by atoms with Crippen molar-refractivity contribution in [2.45, 2.75) is 95.0 Å². The number of hydrogen-bond acceptors (Lipinski definition) is 15. The van der Waals surface area contributed by atoms with Gasteiger partial charge in [-0.15, -0.1) is 0 Å². The van der Waals surface area contributed by atoms with Crippen LogP contribution in [-0.4, -0.2) is 150 Å². The molecule has 3 aliphatic heterocycles. The van der Waals surface area contributed by atoms with E-state index in [1.54, 1.807) is 31.3 Å². The van der Waals surface area contributed by atoms with Crippen molar-refractivity contribution in [3.05, 3.63) is 72.7 Å². The topological polar surface area (TPSA) is 307 Å². The molecular formula is C40H48N10O12. The van der Waals surface area contributed by atoms with Crippen LogP contribution in [0.5, 0.6) is 0 Å². The highest BCUT2D eigenvalue weighted by molar-refractivity contribution is 6.13. The summed E-state index contributed by atoms with van der Waals surface area (Å²) in [5.41, 5.74) is 2.32. The molecule has 9 atom stereocenters. The van der Waals surface area contributed by atoms with Crippen molar-refractivity contribution < 1.29 is 58.4 Å². The van der Waals surface area contributed by atoms with Crippen molar-refractivity contribution in [2.75, 3.05) is 23.7 Å². The molecule has 9 N–H and O–H groups in total. The summed E-state index contributed by atoms with van der Waals surface area (Å²) in [6, 6.07) is 3.22. The van der Waals surface area contributed by atoms with E-state index in [0.717, 1.165) is 22.0 Å². The fraction of sp³-hybridized carbons (Fsp3) is 0.425. The van der Waals surface area contributed by atoms with Crippen LogP contribution in [0.25, 0.3) is 11.0 Å². The second-order valence-corrected chi connectivity index (χ2v) is 15.1. The van der Waals surface area contributed by atoms with E-state index < -0.39 is 96.3 Å². The molecule has 5 heterocycles. The Hall–Kier alpha value is -6.75. The van der Waals surface area contributed by atoms with E-state index in [4.69, 9.17) is 9.47 Å². The Morgan fingerprint density at radius 2 is 1.71 bits per heavy atom. The second-order valence-electron chi connectivity index (χ2n) is 15.1. The molecule has 2 aromatic heterocycles. The van der Waals surface area contributed by atoms with Crippen LogP contribution in [0.2, 0.25) is 0 Å². The minimum absolute atomic E-state index is 0.00170. The number of aliphatic hydroxyl groups excluding tert-OH is 3. The third-order valence-electron chi connectivity index (χ3n) is 10.6. The van der Waals surface area contributed by atoms with Crippen LogP contribution in [-0.2, 0) is 44.8 Å². The first kappa shape index (κ1) is 44.8. The predicted octanol–water partition coefficient (Wildman–Crippen LogP) is -1.09. The van der Waals surface area contributed by atoms with Crippen molar-refractivity contribution in [3.8, 4) is 0 Å². The van der Waals surface area contributed by atoms with Crippen molar-refractivity contribution in [1.29, 1.82) is 0 Å². The van der Waals surface area contributed by atoms with Gasteiger partial charge in [-0.25, -0.2) is 14.8 Å². The highest BCUT2D eigenvalue weighted by atomic mass is 16.6. The van der Waals surface area contributed by atoms with Gasteiger partial charge in [0, 0.05) is 43.5 Å². The van der Waals surface area contributed by atoms with Crippen LogP contribution in [0.3, 0.4) is 0 Å². The molecule has 3 aliphatic rings. The fourth-order valence-electron chi connectivity index (χ4n) is 7.09. The Bertz CT molecular complexity index is 2230. The number of fused-ring (bicyclic) bond motifs is 1. The molecule has 22 nitrogen and oxygen atoms in total. The monoisotopic (exact) mass is 860 g/mol. The number of amides is 7. The molecule has 3 aromatic rings. The molecule has 0 saturated carbocycles. The number of rotatable bonds is 15. The van der Waals surface area contributed by atoms with Gasteiger partial charge in [-0.2, -0.15) is 0 Å². The molecule has 0 radical (unpaired) electrons. The van der Waals surface area contributed by atoms with Gasteiger partial charge in [0.1, 0.15) is 48.8 Å². The highest BCUT2D eigenvalue weighted by Crippen LogP contribution is 2.27. The van der Waals surface area contributed by atoms with Gasteiger partial charge in [0.05, 0.1) is 23.8 Å². The van der Waals surface area contributed by atoms with Gasteiger partial charge in [-0.3, -0.25) is 38.6 Å². The molecule has 330 valence electrons. The first-order valence-corrected chi connectivity index (χ1v) is 19.7. The number of nitrogens with zero attached hydrogens (tertiary/aromatic N) is 4. The maximum Gasteiger partial charge on any atom is 0.410 e. The van der Waals surface area contributed by atoms with E-state index in [-0.39, 0.29) is 38.1 Å². The molecule has 7 amide bonds. The van der Waals surface area contributed by atoms with E-state index in [9.17, 15) is 48.9 Å². The van der Waals surface area contributed by atoms with Crippen LogP contribution in [0, 0.1) is 0 Å². The summed E-state index contributed by atoms with van der Waals surface area (Å²) in [6.45, 7) is 7.86. The number of nitrogens with one attached hydrogen (secondary N) is 6. The molecule has 2 fully saturated rings. The molecule has 0 spiro atoms. The zero-order valence-corrected chi connectivity index (χ0v) is 33.9. The number of likely N-dealkylation sites (tertiary alicyclic amines) is 1. The maximum atomic E-state index is 13.5. The van der Waals surface area contributed by atoms with Gasteiger partial charge >= 0.3 is 6.09 Å². The van der Waals surface area contributed by atoms with E-state index in [2.05, 4.69) is 48.1 Å². The number of hydrogen-bond donors (Lipinski definition) is 9. The minimum atomic E-state index is -1.52. The summed E-state index contributed by atoms with van der Waals surface area (Å²) in [5.74, 6) is -3.45. The third kappa shape index (κ3) is 10.2. The Balaban J connectivity index is 0.954. The summed E-state index contributed by atoms with van der Waals surface area (Å²) >= 11 is 0. The van der Waals surface area contributed by atoms with Crippen molar-refractivity contribution in [3.63, 3.8) is 0 Å². The average molecular weight is 861 g/mol. The van der Waals surface area contributed by atoms with E-state index in [1.807, 2.05) is 0 Å². The third-order valence-corrected chi connectivity index (χ3v) is 10.6. The largest absolute Gasteiger partial charge is 0.445 e. The lowest BCUT2D eigenvalue weighted by Gasteiger charge is -2.42. The number of carbonyl (C=O) groups excluding carboxylic acids is 7. The zero-order chi connectivity index (χ0) is 44.8. The Kier molecular flexibility index (Phi) is 14.0. The lowest BCUT2D eigenvalue weighted by molar-refractivity contribution is -0.173. The summed E-state index contributed by atoms with van der Waals surface area (Å²) in [6.07, 6.45) is -2.09. The van der Waals surface area contributed by atoms with Gasteiger partial charge in [0.15, 0.2) is 12.0 Å². The maximum absolute atomic E-state index is 13.5. The Morgan fingerprint density at radius 3 is 2.40 bits per heavy atom. The highest BCUT2D eigenvalue weighted by Gasteiger charge is 2.47. The lowest BCUT2D eigenvalue weighted by Crippen LogP contribution is -2.66. The number of H-pyrrole nitrogens is 1. The normalized spacial score (nSPS) is 24.3. The molecule has 62 heavy (non-hydrogen) atoms. The second kappa shape index (κ2) is 19.3. The molecule has 0 aliphatic carbocycles. The van der Waals surface area contributed by atoms with Gasteiger partial charge in [0.2, 0.25) is 23.6 Å². The van der Waals surface area contributed by atoms with Crippen molar-refractivity contribution in [1.82, 2.24) is 40.7 Å². The SMILES string of the molecule is C=C(C)[C@H](NC(=O)CCN1C(=O)C=CC1=O)C(=O)N[C@@H](C)C(=O)Nc1ccc(COC(=O)N2CC[C@H](O)[C@@H]2C(=O)N[C@@H]2[C@@H](O)[C@H](O)[C@@H](Nc3ncnc4cc[nH]c34)O[C@H]2C)cc1. The molecule has 1 aromatic carbocycles. The van der Waals surface area contributed by atoms with Gasteiger partial charge < -0.3 is 56.4 Å². The van der Waals surface area contributed by atoms with Gasteiger partial charge in [0.25, 0.3) is 11.8 Å². The molecule has 22 heteroatoms. The van der Waals surface area contributed by atoms with E-state index in [0.29, 0.717) is 28.1 Å². The smallest absolute Gasteiger partial charge is 0.410 e. The number of imide groups is 1. The number of carbonyl (C=O) groups is 7. The zero-order valence-electron chi connectivity index (χ0n) is 33.9. The van der Waals surface area contributed by atoms with Crippen LogP contribution >= 0.6 is 0 Å². The minimum Gasteiger partial charge on any atom is -0.445 e. The van der Waals surface area contributed by atoms with E-state index >= 15 is 0 Å². The molecule has 0 bridgehead atoms. The Morgan fingerprint density at radius 1 is 1.00 bits per heavy atom. The number of aromatic amines is 1. The predicted molar refractivity (Wildman–Crippen MR) is 217 cm³/mol. The number of aromatic nitrogens is 3. The van der Waals surface area contributed by atoms with Crippen molar-refractivity contribution >= 4 is 64.1 Å². The van der Waals surface area contributed by atoms with Crippen LogP contribution in [0.1, 0.15) is 39.2 Å². The van der Waals surface area contributed by atoms with Crippen LogP contribution in [0.4, 0.5) is 16.3 Å². The summed E-state index contributed by atoms with van der Waals surface area (Å²) in [4.78, 5) is 102. The number of anilines is 2. The molecule has 2 saturated heterocycles. The summed E-state index contributed by atoms with van der Waals surface area (Å²) in [7, 11) is 0. The molecule has 6 rings (SSSR count). The number of aliphatic hydroxyl groups is 3. The molecular weight excluding hydrogens is 812 g/mol. The molecule has 0 unspecified atom stereocenters. The fourth-order valence-corrected chi connectivity index (χ4v) is 7.09. The quantitative estimate of drug-likeness (QED) is 0.0648. The first-order valence-electron chi connectivity index (χ1n) is 19.7. The first-order chi connectivity index (χ1) is 29.5. The average Bonchev–Trinajstić information content (AvgIpc) is 3.97. The summed E-state index contributed by atoms with van der Waals surface area (Å²) in [5, 5.41) is 46.0. The number of benzene rings is 1. The van der Waals surface area contributed by atoms with Crippen LogP contribution < -0.4 is 26.6 Å². The number of ether oxygens (including phenoxy) is 2. The lowest BCUT2D eigenvalue weighted by atomic mass is 9.95. The summed E-state index contributed by atoms with van der Waals surface area (Å²) < 4.78 is 11.4. The van der Waals surface area contributed by atoms with E-state index in [1.165, 1.54) is 32.3 Å².